The first kappa shape index (κ1) is 18.7. The van der Waals surface area contributed by atoms with Gasteiger partial charge in [-0.25, -0.2) is 4.79 Å². The van der Waals surface area contributed by atoms with Crippen LogP contribution in [0.3, 0.4) is 0 Å². The number of rotatable bonds is 11. The lowest BCUT2D eigenvalue weighted by molar-refractivity contribution is -0.137. The molecule has 0 aliphatic rings. The molecule has 1 atom stereocenters. The molecule has 20 heavy (non-hydrogen) atoms. The summed E-state index contributed by atoms with van der Waals surface area (Å²) in [6, 6.07) is -0.317. The molecule has 0 heterocycles. The van der Waals surface area contributed by atoms with Gasteiger partial charge in [0.05, 0.1) is 0 Å². The minimum Gasteiger partial charge on any atom is -0.481 e. The summed E-state index contributed by atoms with van der Waals surface area (Å²) in [6.07, 6.45) is 6.42. The number of carbonyl (C=O) groups is 2. The number of hydrogen-bond donors (Lipinski definition) is 3. The van der Waals surface area contributed by atoms with Gasteiger partial charge in [-0.3, -0.25) is 4.79 Å². The fraction of sp³-hybridized carbons (Fsp3) is 0.867. The predicted octanol–water partition coefficient (Wildman–Crippen LogP) is 3.15. The van der Waals surface area contributed by atoms with Gasteiger partial charge in [-0.2, -0.15) is 0 Å². The summed E-state index contributed by atoms with van der Waals surface area (Å²) in [6.45, 7) is 6.96. The lowest BCUT2D eigenvalue weighted by Gasteiger charge is -2.13. The Hall–Kier alpha value is -1.26. The number of urea groups is 1. The molecule has 1 unspecified atom stereocenters. The van der Waals surface area contributed by atoms with Gasteiger partial charge in [0.2, 0.25) is 0 Å². The van der Waals surface area contributed by atoms with Crippen molar-refractivity contribution in [3.63, 3.8) is 0 Å². The molecule has 0 bridgehead atoms. The Morgan fingerprint density at radius 3 is 2.25 bits per heavy atom. The third-order valence-corrected chi connectivity index (χ3v) is 3.16. The van der Waals surface area contributed by atoms with Crippen LogP contribution in [0.5, 0.6) is 0 Å². The third kappa shape index (κ3) is 13.2. The molecule has 0 radical (unpaired) electrons. The molecule has 3 N–H and O–H groups in total. The molecule has 0 saturated heterocycles. The van der Waals surface area contributed by atoms with E-state index in [4.69, 9.17) is 5.11 Å². The summed E-state index contributed by atoms with van der Waals surface area (Å²) >= 11 is 0. The fourth-order valence-corrected chi connectivity index (χ4v) is 1.92. The first-order valence-corrected chi connectivity index (χ1v) is 7.68. The van der Waals surface area contributed by atoms with Crippen molar-refractivity contribution < 1.29 is 14.7 Å². The van der Waals surface area contributed by atoms with Gasteiger partial charge in [-0.15, -0.1) is 0 Å². The summed E-state index contributed by atoms with van der Waals surface area (Å²) in [5.74, 6) is -0.0633. The van der Waals surface area contributed by atoms with Crippen LogP contribution < -0.4 is 10.6 Å². The number of aliphatic carboxylic acids is 1. The van der Waals surface area contributed by atoms with Crippen LogP contribution in [0, 0.1) is 5.92 Å². The molecular weight excluding hydrogens is 256 g/mol. The Bertz CT molecular complexity index is 280. The summed E-state index contributed by atoms with van der Waals surface area (Å²) in [7, 11) is 0. The Kier molecular flexibility index (Phi) is 10.8. The summed E-state index contributed by atoms with van der Waals surface area (Å²) in [5, 5.41) is 14.1. The van der Waals surface area contributed by atoms with Gasteiger partial charge in [-0.1, -0.05) is 39.5 Å². The van der Waals surface area contributed by atoms with Crippen molar-refractivity contribution in [2.24, 2.45) is 5.92 Å². The van der Waals surface area contributed by atoms with E-state index in [1.165, 1.54) is 19.3 Å². The second-order valence-corrected chi connectivity index (χ2v) is 5.83. The van der Waals surface area contributed by atoms with Gasteiger partial charge < -0.3 is 15.7 Å². The highest BCUT2D eigenvalue weighted by Gasteiger charge is 2.08. The molecular formula is C15H30N2O3. The van der Waals surface area contributed by atoms with Crippen LogP contribution in [-0.2, 0) is 4.79 Å². The monoisotopic (exact) mass is 286 g/mol. The van der Waals surface area contributed by atoms with E-state index < -0.39 is 5.97 Å². The molecule has 5 nitrogen and oxygen atoms in total. The molecule has 0 aliphatic carbocycles. The summed E-state index contributed by atoms with van der Waals surface area (Å²) < 4.78 is 0. The molecule has 0 saturated carbocycles. The summed E-state index contributed by atoms with van der Waals surface area (Å²) in [5.41, 5.74) is 0. The van der Waals surface area contributed by atoms with E-state index in [1.54, 1.807) is 0 Å². The first-order chi connectivity index (χ1) is 9.41. The zero-order chi connectivity index (χ0) is 15.4. The van der Waals surface area contributed by atoms with Crippen molar-refractivity contribution in [2.45, 2.75) is 71.8 Å². The Morgan fingerprint density at radius 2 is 1.65 bits per heavy atom. The Labute approximate surface area is 122 Å². The normalized spacial score (nSPS) is 12.2. The largest absolute Gasteiger partial charge is 0.481 e. The highest BCUT2D eigenvalue weighted by molar-refractivity contribution is 5.74. The molecule has 5 heteroatoms. The number of hydrogen-bond acceptors (Lipinski definition) is 2. The van der Waals surface area contributed by atoms with E-state index in [0.717, 1.165) is 18.8 Å². The van der Waals surface area contributed by atoms with Gasteiger partial charge in [0, 0.05) is 19.0 Å². The summed E-state index contributed by atoms with van der Waals surface area (Å²) in [4.78, 5) is 21.9. The van der Waals surface area contributed by atoms with E-state index in [0.29, 0.717) is 13.0 Å². The molecule has 2 amide bonds. The lowest BCUT2D eigenvalue weighted by atomic mass is 10.0. The Balaban J connectivity index is 3.42. The van der Waals surface area contributed by atoms with Crippen LogP contribution in [0.2, 0.25) is 0 Å². The minimum atomic E-state index is -0.833. The van der Waals surface area contributed by atoms with Crippen molar-refractivity contribution in [3.05, 3.63) is 0 Å². The SMILES string of the molecule is CC(C)CCCCCCNC(=O)NC(C)CCC(=O)O. The highest BCUT2D eigenvalue weighted by atomic mass is 16.4. The Morgan fingerprint density at radius 1 is 1.00 bits per heavy atom. The second-order valence-electron chi connectivity index (χ2n) is 5.83. The van der Waals surface area contributed by atoms with Crippen LogP contribution >= 0.6 is 0 Å². The van der Waals surface area contributed by atoms with Crippen molar-refractivity contribution in [3.8, 4) is 0 Å². The molecule has 0 aromatic heterocycles. The van der Waals surface area contributed by atoms with Gasteiger partial charge in [0.25, 0.3) is 0 Å². The number of nitrogens with one attached hydrogen (secondary N) is 2. The van der Waals surface area contributed by atoms with Crippen molar-refractivity contribution in [1.29, 1.82) is 0 Å². The molecule has 0 aromatic rings. The van der Waals surface area contributed by atoms with Gasteiger partial charge in [0.1, 0.15) is 0 Å². The average molecular weight is 286 g/mol. The zero-order valence-corrected chi connectivity index (χ0v) is 13.1. The van der Waals surface area contributed by atoms with E-state index in [1.807, 2.05) is 6.92 Å². The van der Waals surface area contributed by atoms with Crippen LogP contribution in [0.1, 0.15) is 65.7 Å². The predicted molar refractivity (Wildman–Crippen MR) is 80.8 cm³/mol. The maximum atomic E-state index is 11.5. The molecule has 0 fully saturated rings. The van der Waals surface area contributed by atoms with Crippen molar-refractivity contribution >= 4 is 12.0 Å². The first-order valence-electron chi connectivity index (χ1n) is 7.68. The maximum Gasteiger partial charge on any atom is 0.314 e. The second kappa shape index (κ2) is 11.6. The van der Waals surface area contributed by atoms with Gasteiger partial charge >= 0.3 is 12.0 Å². The average Bonchev–Trinajstić information content (AvgIpc) is 2.34. The van der Waals surface area contributed by atoms with Gasteiger partial charge in [-0.05, 0) is 25.7 Å². The van der Waals surface area contributed by atoms with Crippen molar-refractivity contribution in [2.75, 3.05) is 6.54 Å². The quantitative estimate of drug-likeness (QED) is 0.510. The molecule has 0 aliphatic heterocycles. The zero-order valence-electron chi connectivity index (χ0n) is 13.1. The third-order valence-electron chi connectivity index (χ3n) is 3.16. The van der Waals surface area contributed by atoms with E-state index in [9.17, 15) is 9.59 Å². The fourth-order valence-electron chi connectivity index (χ4n) is 1.92. The maximum absolute atomic E-state index is 11.5. The number of amides is 2. The number of carbonyl (C=O) groups excluding carboxylic acids is 1. The number of carboxylic acids is 1. The molecule has 0 spiro atoms. The smallest absolute Gasteiger partial charge is 0.314 e. The van der Waals surface area contributed by atoms with Crippen molar-refractivity contribution in [1.82, 2.24) is 10.6 Å². The number of carboxylic acid groups (broad SMARTS) is 1. The minimum absolute atomic E-state index is 0.0807. The van der Waals surface area contributed by atoms with E-state index >= 15 is 0 Å². The van der Waals surface area contributed by atoms with Crippen LogP contribution in [0.25, 0.3) is 0 Å². The topological polar surface area (TPSA) is 78.4 Å². The molecule has 0 aromatic carbocycles. The number of unbranched alkanes of at least 4 members (excludes halogenated alkanes) is 3. The molecule has 0 rings (SSSR count). The van der Waals surface area contributed by atoms with E-state index in [-0.39, 0.29) is 18.5 Å². The van der Waals surface area contributed by atoms with Crippen LogP contribution in [0.4, 0.5) is 4.79 Å². The van der Waals surface area contributed by atoms with Crippen LogP contribution in [-0.4, -0.2) is 29.7 Å². The lowest BCUT2D eigenvalue weighted by Crippen LogP contribution is -2.41. The standard InChI is InChI=1S/C15H30N2O3/c1-12(2)8-6-4-5-7-11-16-15(20)17-13(3)9-10-14(18)19/h12-13H,4-11H2,1-3H3,(H,18,19)(H2,16,17,20). The van der Waals surface area contributed by atoms with E-state index in [2.05, 4.69) is 24.5 Å². The molecule has 118 valence electrons. The van der Waals surface area contributed by atoms with Crippen LogP contribution in [0.15, 0.2) is 0 Å². The van der Waals surface area contributed by atoms with Gasteiger partial charge in [0.15, 0.2) is 0 Å². The highest BCUT2D eigenvalue weighted by Crippen LogP contribution is 2.08.